The third-order valence-electron chi connectivity index (χ3n) is 4.76. The molecule has 0 atom stereocenters. The summed E-state index contributed by atoms with van der Waals surface area (Å²) in [5.74, 6) is 1.77. The molecule has 0 unspecified atom stereocenters. The summed E-state index contributed by atoms with van der Waals surface area (Å²) in [5, 5.41) is 12.0. The lowest BCUT2D eigenvalue weighted by Gasteiger charge is -2.34. The van der Waals surface area contributed by atoms with Crippen LogP contribution in [0.4, 0.5) is 0 Å². The highest BCUT2D eigenvalue weighted by Crippen LogP contribution is 2.24. The van der Waals surface area contributed by atoms with Crippen LogP contribution in [0, 0.1) is 0 Å². The molecule has 1 aliphatic heterocycles. The van der Waals surface area contributed by atoms with E-state index in [1.54, 1.807) is 6.26 Å². The van der Waals surface area contributed by atoms with E-state index in [9.17, 15) is 9.59 Å². The van der Waals surface area contributed by atoms with Crippen molar-refractivity contribution >= 4 is 23.6 Å². The molecule has 0 radical (unpaired) electrons. The van der Waals surface area contributed by atoms with Crippen molar-refractivity contribution in [3.05, 3.63) is 18.4 Å². The Hall–Kier alpha value is -2.33. The topological polar surface area (TPSA) is 96.5 Å². The second kappa shape index (κ2) is 10.4. The van der Waals surface area contributed by atoms with Crippen molar-refractivity contribution < 1.29 is 14.0 Å². The first-order valence-electron chi connectivity index (χ1n) is 9.99. The lowest BCUT2D eigenvalue weighted by Crippen LogP contribution is -2.51. The summed E-state index contributed by atoms with van der Waals surface area (Å²) >= 11 is 1.39. The summed E-state index contributed by atoms with van der Waals surface area (Å²) in [6.07, 6.45) is 2.54. The number of hydrogen-bond acceptors (Lipinski definition) is 7. The number of hydrogen-bond donors (Lipinski definition) is 1. The number of carbonyl (C=O) groups is 2. The maximum atomic E-state index is 12.6. The van der Waals surface area contributed by atoms with Crippen molar-refractivity contribution in [2.75, 3.05) is 45.0 Å². The number of amides is 2. The molecule has 29 heavy (non-hydrogen) atoms. The molecule has 0 saturated carbocycles. The minimum absolute atomic E-state index is 0.0495. The lowest BCUT2D eigenvalue weighted by atomic mass is 10.3. The van der Waals surface area contributed by atoms with Crippen LogP contribution in [-0.2, 0) is 16.1 Å². The van der Waals surface area contributed by atoms with Crippen LogP contribution in [0.3, 0.4) is 0 Å². The zero-order valence-electron chi connectivity index (χ0n) is 17.0. The van der Waals surface area contributed by atoms with Crippen LogP contribution in [0.15, 0.2) is 28.0 Å². The first kappa shape index (κ1) is 21.4. The summed E-state index contributed by atoms with van der Waals surface area (Å²) < 4.78 is 7.36. The molecule has 158 valence electrons. The summed E-state index contributed by atoms with van der Waals surface area (Å²) in [6, 6.07) is 3.66. The van der Waals surface area contributed by atoms with Crippen LogP contribution in [0.2, 0.25) is 0 Å². The number of aromatic nitrogens is 3. The Morgan fingerprint density at radius 1 is 1.21 bits per heavy atom. The van der Waals surface area contributed by atoms with Crippen molar-refractivity contribution in [2.24, 2.45) is 0 Å². The summed E-state index contributed by atoms with van der Waals surface area (Å²) in [7, 11) is 0. The van der Waals surface area contributed by atoms with Gasteiger partial charge < -0.3 is 14.6 Å². The molecule has 0 spiro atoms. The Morgan fingerprint density at radius 3 is 2.66 bits per heavy atom. The molecular formula is C19H28N6O3S. The van der Waals surface area contributed by atoms with Crippen LogP contribution in [0.5, 0.6) is 0 Å². The molecule has 0 aliphatic carbocycles. The fraction of sp³-hybridized carbons (Fsp3) is 0.579. The van der Waals surface area contributed by atoms with Gasteiger partial charge in [0.15, 0.2) is 16.7 Å². The monoisotopic (exact) mass is 420 g/mol. The molecule has 9 nitrogen and oxygen atoms in total. The first-order valence-corrected chi connectivity index (χ1v) is 11.0. The van der Waals surface area contributed by atoms with E-state index < -0.39 is 0 Å². The number of furan rings is 1. The third-order valence-corrected chi connectivity index (χ3v) is 5.72. The number of thioether (sulfide) groups is 1. The van der Waals surface area contributed by atoms with Gasteiger partial charge in [-0.05, 0) is 25.5 Å². The molecule has 2 amide bonds. The quantitative estimate of drug-likeness (QED) is 0.611. The maximum absolute atomic E-state index is 12.6. The van der Waals surface area contributed by atoms with Gasteiger partial charge in [0.25, 0.3) is 0 Å². The molecule has 1 aliphatic rings. The van der Waals surface area contributed by atoms with E-state index in [1.807, 2.05) is 35.4 Å². The van der Waals surface area contributed by atoms with Gasteiger partial charge >= 0.3 is 0 Å². The number of nitrogens with zero attached hydrogens (tertiary/aromatic N) is 5. The van der Waals surface area contributed by atoms with Crippen molar-refractivity contribution in [3.8, 4) is 11.6 Å². The van der Waals surface area contributed by atoms with Gasteiger partial charge in [0.2, 0.25) is 11.8 Å². The second-order valence-electron chi connectivity index (χ2n) is 6.82. The van der Waals surface area contributed by atoms with Crippen LogP contribution >= 0.6 is 11.8 Å². The lowest BCUT2D eigenvalue weighted by molar-refractivity contribution is -0.130. The fourth-order valence-electron chi connectivity index (χ4n) is 3.16. The normalized spacial score (nSPS) is 14.9. The van der Waals surface area contributed by atoms with Gasteiger partial charge in [-0.15, -0.1) is 10.2 Å². The van der Waals surface area contributed by atoms with Gasteiger partial charge in [-0.25, -0.2) is 0 Å². The van der Waals surface area contributed by atoms with E-state index in [0.29, 0.717) is 68.3 Å². The van der Waals surface area contributed by atoms with E-state index in [2.05, 4.69) is 20.4 Å². The van der Waals surface area contributed by atoms with Crippen molar-refractivity contribution in [1.82, 2.24) is 29.9 Å². The molecular weight excluding hydrogens is 392 g/mol. The van der Waals surface area contributed by atoms with Crippen LogP contribution in [0.1, 0.15) is 20.3 Å². The fourth-order valence-corrected chi connectivity index (χ4v) is 4.07. The smallest absolute Gasteiger partial charge is 0.234 e. The van der Waals surface area contributed by atoms with Crippen molar-refractivity contribution in [3.63, 3.8) is 0 Å². The highest BCUT2D eigenvalue weighted by molar-refractivity contribution is 7.99. The van der Waals surface area contributed by atoms with Crippen LogP contribution in [0.25, 0.3) is 11.6 Å². The molecule has 2 aromatic rings. The molecule has 3 rings (SSSR count). The molecule has 1 N–H and O–H groups in total. The summed E-state index contributed by atoms with van der Waals surface area (Å²) in [5.41, 5.74) is 0. The molecule has 3 heterocycles. The summed E-state index contributed by atoms with van der Waals surface area (Å²) in [6.45, 7) is 8.54. The SMILES string of the molecule is CCCNC(=O)CN1CCN(C(=O)CSc2nnc(-c3ccco3)n2CC)CC1. The molecule has 0 bridgehead atoms. The minimum atomic E-state index is 0.0495. The van der Waals surface area contributed by atoms with Gasteiger partial charge in [-0.2, -0.15) is 0 Å². The van der Waals surface area contributed by atoms with Gasteiger partial charge in [-0.1, -0.05) is 18.7 Å². The van der Waals surface area contributed by atoms with Gasteiger partial charge in [0.05, 0.1) is 18.6 Å². The second-order valence-corrected chi connectivity index (χ2v) is 7.77. The average molecular weight is 421 g/mol. The summed E-state index contributed by atoms with van der Waals surface area (Å²) in [4.78, 5) is 28.4. The molecule has 0 aromatic carbocycles. The van der Waals surface area contributed by atoms with Crippen molar-refractivity contribution in [2.45, 2.75) is 32.0 Å². The Morgan fingerprint density at radius 2 is 2.00 bits per heavy atom. The standard InChI is InChI=1S/C19H28N6O3S/c1-3-7-20-16(26)13-23-8-10-24(11-9-23)17(27)14-29-19-22-21-18(25(19)4-2)15-6-5-12-28-15/h5-6,12H,3-4,7-11,13-14H2,1-2H3,(H,20,26). The van der Waals surface area contributed by atoms with Crippen LogP contribution in [-0.4, -0.2) is 81.4 Å². The van der Waals surface area contributed by atoms with E-state index in [0.717, 1.165) is 6.42 Å². The first-order chi connectivity index (χ1) is 14.1. The van der Waals surface area contributed by atoms with Gasteiger partial charge in [-0.3, -0.25) is 19.1 Å². The minimum Gasteiger partial charge on any atom is -0.461 e. The molecule has 10 heteroatoms. The van der Waals surface area contributed by atoms with E-state index >= 15 is 0 Å². The Bertz CT molecular complexity index is 799. The van der Waals surface area contributed by atoms with Crippen molar-refractivity contribution in [1.29, 1.82) is 0 Å². The van der Waals surface area contributed by atoms with E-state index in [4.69, 9.17) is 4.42 Å². The zero-order chi connectivity index (χ0) is 20.6. The molecule has 1 saturated heterocycles. The van der Waals surface area contributed by atoms with Gasteiger partial charge in [0.1, 0.15) is 0 Å². The predicted molar refractivity (Wildman–Crippen MR) is 110 cm³/mol. The van der Waals surface area contributed by atoms with Crippen LogP contribution < -0.4 is 5.32 Å². The Kier molecular flexibility index (Phi) is 7.70. The predicted octanol–water partition coefficient (Wildman–Crippen LogP) is 1.32. The van der Waals surface area contributed by atoms with Gasteiger partial charge in [0, 0.05) is 39.3 Å². The number of rotatable bonds is 9. The largest absolute Gasteiger partial charge is 0.461 e. The number of piperazine rings is 1. The highest BCUT2D eigenvalue weighted by atomic mass is 32.2. The molecule has 2 aromatic heterocycles. The number of nitrogens with one attached hydrogen (secondary N) is 1. The Labute approximate surface area is 174 Å². The molecule has 1 fully saturated rings. The number of carbonyl (C=O) groups excluding carboxylic acids is 2. The van der Waals surface area contributed by atoms with E-state index in [1.165, 1.54) is 11.8 Å². The average Bonchev–Trinajstić information content (AvgIpc) is 3.40. The zero-order valence-corrected chi connectivity index (χ0v) is 17.8. The highest BCUT2D eigenvalue weighted by Gasteiger charge is 2.23. The maximum Gasteiger partial charge on any atom is 0.234 e. The Balaban J connectivity index is 1.47. The third kappa shape index (κ3) is 5.60. The van der Waals surface area contributed by atoms with E-state index in [-0.39, 0.29) is 11.8 Å².